The molecule has 3 atom stereocenters. The molecule has 3 unspecified atom stereocenters. The molecule has 4 heteroatoms. The van der Waals surface area contributed by atoms with Gasteiger partial charge in [-0.05, 0) is 26.7 Å². The van der Waals surface area contributed by atoms with Crippen LogP contribution in [0.5, 0.6) is 0 Å². The van der Waals surface area contributed by atoms with Gasteiger partial charge in [-0.1, -0.05) is 24.3 Å². The first kappa shape index (κ1) is 11.5. The van der Waals surface area contributed by atoms with Crippen LogP contribution >= 0.6 is 0 Å². The maximum atomic E-state index is 10.7. The largest absolute Gasteiger partial charge is 0.370 e. The predicted octanol–water partition coefficient (Wildman–Crippen LogP) is -0.0868. The van der Waals surface area contributed by atoms with Crippen LogP contribution in [0, 0.1) is 0 Å². The topological polar surface area (TPSA) is 56.3 Å². The first-order valence-electron chi connectivity index (χ1n) is 5.54. The average Bonchev–Trinajstić information content (AvgIpc) is 2.59. The molecule has 1 aromatic carbocycles. The molecule has 0 spiro atoms. The van der Waals surface area contributed by atoms with Crippen molar-refractivity contribution in [2.45, 2.75) is 17.8 Å². The van der Waals surface area contributed by atoms with Crippen LogP contribution < -0.4 is 16.0 Å². The van der Waals surface area contributed by atoms with E-state index in [0.29, 0.717) is 0 Å². The lowest BCUT2D eigenvalue weighted by atomic mass is 10.0. The number of likely N-dealkylation sites (N-methyl/N-ethyl adjacent to an activating group) is 3. The van der Waals surface area contributed by atoms with Crippen LogP contribution in [0.3, 0.4) is 0 Å². The summed E-state index contributed by atoms with van der Waals surface area (Å²) < 4.78 is 0. The molecule has 1 aliphatic carbocycles. The Morgan fingerprint density at radius 2 is 1.81 bits per heavy atom. The molecule has 0 aliphatic heterocycles. The first-order valence-corrected chi connectivity index (χ1v) is 5.54. The minimum Gasteiger partial charge on any atom is -0.370 e. The van der Waals surface area contributed by atoms with Crippen molar-refractivity contribution >= 4 is 0 Å². The normalized spacial score (nSPS) is 32.8. The van der Waals surface area contributed by atoms with Crippen molar-refractivity contribution in [3.05, 3.63) is 35.4 Å². The third-order valence-electron chi connectivity index (χ3n) is 3.49. The third kappa shape index (κ3) is 1.38. The molecule has 1 aliphatic rings. The summed E-state index contributed by atoms with van der Waals surface area (Å²) in [7, 11) is 5.55. The molecule has 0 aromatic heterocycles. The molecule has 0 amide bonds. The number of benzene rings is 1. The fourth-order valence-corrected chi connectivity index (χ4v) is 2.69. The molecule has 0 bridgehead atoms. The number of hydrogen-bond donors (Lipinski definition) is 4. The quantitative estimate of drug-likeness (QED) is 0.539. The van der Waals surface area contributed by atoms with Crippen LogP contribution in [0.15, 0.2) is 24.3 Å². The average molecular weight is 221 g/mol. The minimum absolute atomic E-state index is 0.0834. The van der Waals surface area contributed by atoms with Gasteiger partial charge in [0.05, 0.1) is 12.1 Å². The molecule has 0 fully saturated rings. The van der Waals surface area contributed by atoms with Crippen molar-refractivity contribution in [2.75, 3.05) is 21.1 Å². The van der Waals surface area contributed by atoms with Crippen molar-refractivity contribution in [3.8, 4) is 0 Å². The summed E-state index contributed by atoms with van der Waals surface area (Å²) >= 11 is 0. The van der Waals surface area contributed by atoms with E-state index in [2.05, 4.69) is 22.0 Å². The van der Waals surface area contributed by atoms with Crippen molar-refractivity contribution < 1.29 is 5.11 Å². The molecule has 4 N–H and O–H groups in total. The van der Waals surface area contributed by atoms with Crippen LogP contribution in [-0.4, -0.2) is 32.3 Å². The van der Waals surface area contributed by atoms with E-state index in [-0.39, 0.29) is 12.1 Å². The monoisotopic (exact) mass is 221 g/mol. The molecular weight excluding hydrogens is 202 g/mol. The zero-order valence-corrected chi connectivity index (χ0v) is 9.91. The molecule has 0 heterocycles. The van der Waals surface area contributed by atoms with Crippen LogP contribution in [0.2, 0.25) is 0 Å². The number of nitrogens with one attached hydrogen (secondary N) is 3. The highest BCUT2D eigenvalue weighted by molar-refractivity contribution is 5.42. The van der Waals surface area contributed by atoms with Crippen molar-refractivity contribution in [3.63, 3.8) is 0 Å². The summed E-state index contributed by atoms with van der Waals surface area (Å²) in [4.78, 5) is 0. The van der Waals surface area contributed by atoms with Crippen molar-refractivity contribution in [2.24, 2.45) is 0 Å². The van der Waals surface area contributed by atoms with Gasteiger partial charge in [0.25, 0.3) is 0 Å². The lowest BCUT2D eigenvalue weighted by molar-refractivity contribution is -0.0243. The SMILES string of the molecule is CNC1c2ccccc2C(O)(NC)C1NC. The Hall–Kier alpha value is -0.940. The Morgan fingerprint density at radius 1 is 1.12 bits per heavy atom. The fourth-order valence-electron chi connectivity index (χ4n) is 2.69. The summed E-state index contributed by atoms with van der Waals surface area (Å²) in [5, 5.41) is 20.1. The standard InChI is InChI=1S/C12H19N3O/c1-13-10-8-6-4-5-7-9(8)12(16,15-3)11(10)14-2/h4-7,10-11,13-16H,1-3H3. The highest BCUT2D eigenvalue weighted by atomic mass is 16.3. The van der Waals surface area contributed by atoms with E-state index in [0.717, 1.165) is 11.1 Å². The molecule has 1 aromatic rings. The zero-order valence-electron chi connectivity index (χ0n) is 9.91. The molecule has 88 valence electrons. The van der Waals surface area contributed by atoms with E-state index in [1.54, 1.807) is 7.05 Å². The van der Waals surface area contributed by atoms with Crippen LogP contribution in [0.1, 0.15) is 17.2 Å². The second kappa shape index (κ2) is 4.14. The van der Waals surface area contributed by atoms with Crippen molar-refractivity contribution in [1.29, 1.82) is 0 Å². The zero-order chi connectivity index (χ0) is 11.8. The molecule has 16 heavy (non-hydrogen) atoms. The van der Waals surface area contributed by atoms with Gasteiger partial charge in [0.2, 0.25) is 0 Å². The molecular formula is C12H19N3O. The van der Waals surface area contributed by atoms with Gasteiger partial charge in [0, 0.05) is 5.56 Å². The maximum absolute atomic E-state index is 10.7. The lowest BCUT2D eigenvalue weighted by Gasteiger charge is -2.32. The Balaban J connectivity index is 2.55. The van der Waals surface area contributed by atoms with E-state index in [9.17, 15) is 5.11 Å². The number of fused-ring (bicyclic) bond motifs is 1. The Kier molecular flexibility index (Phi) is 2.99. The summed E-state index contributed by atoms with van der Waals surface area (Å²) in [6.07, 6.45) is 0. The maximum Gasteiger partial charge on any atom is 0.159 e. The molecule has 4 nitrogen and oxygen atoms in total. The van der Waals surface area contributed by atoms with Gasteiger partial charge in [0.15, 0.2) is 5.72 Å². The van der Waals surface area contributed by atoms with E-state index in [4.69, 9.17) is 0 Å². The Morgan fingerprint density at radius 3 is 2.38 bits per heavy atom. The minimum atomic E-state index is -1.01. The summed E-state index contributed by atoms with van der Waals surface area (Å²) in [5.41, 5.74) is 1.07. The number of aliphatic hydroxyl groups is 1. The van der Waals surface area contributed by atoms with Gasteiger partial charge in [-0.3, -0.25) is 5.32 Å². The van der Waals surface area contributed by atoms with E-state index >= 15 is 0 Å². The molecule has 2 rings (SSSR count). The molecule has 0 saturated carbocycles. The summed E-state index contributed by atoms with van der Waals surface area (Å²) in [5.74, 6) is 0. The molecule has 0 radical (unpaired) electrons. The van der Waals surface area contributed by atoms with E-state index in [1.165, 1.54) is 0 Å². The van der Waals surface area contributed by atoms with Crippen LogP contribution in [0.25, 0.3) is 0 Å². The lowest BCUT2D eigenvalue weighted by Crippen LogP contribution is -2.55. The second-order valence-electron chi connectivity index (χ2n) is 4.14. The van der Waals surface area contributed by atoms with Gasteiger partial charge in [-0.2, -0.15) is 0 Å². The van der Waals surface area contributed by atoms with E-state index < -0.39 is 5.72 Å². The third-order valence-corrected chi connectivity index (χ3v) is 3.49. The highest BCUT2D eigenvalue weighted by Crippen LogP contribution is 2.41. The smallest absolute Gasteiger partial charge is 0.159 e. The van der Waals surface area contributed by atoms with Gasteiger partial charge in [-0.15, -0.1) is 0 Å². The van der Waals surface area contributed by atoms with Gasteiger partial charge >= 0.3 is 0 Å². The predicted molar refractivity (Wildman–Crippen MR) is 64.0 cm³/mol. The number of rotatable bonds is 3. The van der Waals surface area contributed by atoms with Gasteiger partial charge in [0.1, 0.15) is 0 Å². The fraction of sp³-hybridized carbons (Fsp3) is 0.500. The first-order chi connectivity index (χ1) is 7.69. The van der Waals surface area contributed by atoms with Crippen molar-refractivity contribution in [1.82, 2.24) is 16.0 Å². The second-order valence-corrected chi connectivity index (χ2v) is 4.14. The van der Waals surface area contributed by atoms with E-state index in [1.807, 2.05) is 32.3 Å². The van der Waals surface area contributed by atoms with Crippen LogP contribution in [-0.2, 0) is 5.72 Å². The summed E-state index contributed by atoms with van der Waals surface area (Å²) in [6.45, 7) is 0. The van der Waals surface area contributed by atoms with Gasteiger partial charge < -0.3 is 15.7 Å². The number of hydrogen-bond acceptors (Lipinski definition) is 4. The Bertz CT molecular complexity index is 382. The van der Waals surface area contributed by atoms with Gasteiger partial charge in [-0.25, -0.2) is 0 Å². The van der Waals surface area contributed by atoms with Crippen LogP contribution in [0.4, 0.5) is 0 Å². The Labute approximate surface area is 96.1 Å². The summed E-state index contributed by atoms with van der Waals surface area (Å²) in [6, 6.07) is 7.99. The highest BCUT2D eigenvalue weighted by Gasteiger charge is 2.49. The molecule has 0 saturated heterocycles.